The van der Waals surface area contributed by atoms with Gasteiger partial charge in [0.1, 0.15) is 0 Å². The predicted molar refractivity (Wildman–Crippen MR) is 105 cm³/mol. The second-order valence-electron chi connectivity index (χ2n) is 6.43. The van der Waals surface area contributed by atoms with E-state index >= 15 is 0 Å². The molecule has 1 unspecified atom stereocenters. The normalized spacial score (nSPS) is 18.5. The molecule has 4 nitrogen and oxygen atoms in total. The lowest BCUT2D eigenvalue weighted by Crippen LogP contribution is -2.44. The average Bonchev–Trinajstić information content (AvgIpc) is 3.35. The molecule has 1 aliphatic rings. The van der Waals surface area contributed by atoms with Gasteiger partial charge in [-0.15, -0.1) is 22.7 Å². The lowest BCUT2D eigenvalue weighted by atomic mass is 10.1. The first-order chi connectivity index (χ1) is 12.4. The van der Waals surface area contributed by atoms with Gasteiger partial charge in [0.25, 0.3) is 0 Å². The number of nitrogens with zero attached hydrogens (tertiary/aromatic N) is 3. The van der Waals surface area contributed by atoms with E-state index in [-0.39, 0.29) is 0 Å². The van der Waals surface area contributed by atoms with Crippen LogP contribution in [0.25, 0.3) is 10.7 Å². The van der Waals surface area contributed by atoms with Gasteiger partial charge in [0.05, 0.1) is 4.88 Å². The van der Waals surface area contributed by atoms with Gasteiger partial charge >= 0.3 is 0 Å². The van der Waals surface area contributed by atoms with Crippen LogP contribution in [0.2, 0.25) is 0 Å². The first-order valence-electron chi connectivity index (χ1n) is 8.70. The zero-order valence-corrected chi connectivity index (χ0v) is 15.7. The first kappa shape index (κ1) is 16.8. The van der Waals surface area contributed by atoms with Crippen LogP contribution >= 0.6 is 22.7 Å². The second kappa shape index (κ2) is 8.19. The number of hydrogen-bond acceptors (Lipinski definition) is 6. The maximum absolute atomic E-state index is 4.50. The lowest BCUT2D eigenvalue weighted by molar-refractivity contribution is 0.184. The number of piperidine rings is 1. The molecule has 130 valence electrons. The molecule has 0 saturated carbocycles. The van der Waals surface area contributed by atoms with E-state index in [1.165, 1.54) is 24.3 Å². The Morgan fingerprint density at radius 3 is 2.72 bits per heavy atom. The molecule has 0 bridgehead atoms. The van der Waals surface area contributed by atoms with Gasteiger partial charge in [0.15, 0.2) is 5.82 Å². The van der Waals surface area contributed by atoms with E-state index in [1.807, 2.05) is 29.8 Å². The summed E-state index contributed by atoms with van der Waals surface area (Å²) >= 11 is 3.52. The number of likely N-dealkylation sites (tertiary alicyclic amines) is 1. The molecule has 0 aliphatic carbocycles. The van der Waals surface area contributed by atoms with Crippen LogP contribution < -0.4 is 5.32 Å². The van der Waals surface area contributed by atoms with E-state index in [2.05, 4.69) is 49.1 Å². The van der Waals surface area contributed by atoms with E-state index in [4.69, 9.17) is 0 Å². The van der Waals surface area contributed by atoms with Crippen LogP contribution in [0.5, 0.6) is 0 Å². The number of aromatic nitrogens is 2. The summed E-state index contributed by atoms with van der Waals surface area (Å²) < 4.78 is 0. The Hall–Kier alpha value is -1.60. The topological polar surface area (TPSA) is 41.0 Å². The van der Waals surface area contributed by atoms with Crippen molar-refractivity contribution in [1.29, 1.82) is 0 Å². The molecule has 0 aromatic carbocycles. The molecule has 4 rings (SSSR count). The van der Waals surface area contributed by atoms with Gasteiger partial charge in [-0.2, -0.15) is 0 Å². The highest BCUT2D eigenvalue weighted by atomic mass is 32.1. The fourth-order valence-corrected chi connectivity index (χ4v) is 4.65. The smallest absolute Gasteiger partial charge is 0.169 e. The number of nitrogens with one attached hydrogen (secondary N) is 1. The Bertz CT molecular complexity index is 753. The van der Waals surface area contributed by atoms with Crippen molar-refractivity contribution in [1.82, 2.24) is 20.2 Å². The molecule has 4 heterocycles. The lowest BCUT2D eigenvalue weighted by Gasteiger charge is -2.33. The Balaban J connectivity index is 1.29. The monoisotopic (exact) mass is 370 g/mol. The van der Waals surface area contributed by atoms with Crippen LogP contribution in [0.4, 0.5) is 0 Å². The van der Waals surface area contributed by atoms with E-state index in [1.54, 1.807) is 11.3 Å². The molecule has 1 aliphatic heterocycles. The van der Waals surface area contributed by atoms with Gasteiger partial charge in [-0.3, -0.25) is 4.90 Å². The Morgan fingerprint density at radius 2 is 1.96 bits per heavy atom. The summed E-state index contributed by atoms with van der Waals surface area (Å²) in [6.45, 7) is 4.23. The molecule has 1 fully saturated rings. The summed E-state index contributed by atoms with van der Waals surface area (Å²) in [4.78, 5) is 14.1. The SMILES string of the molecule is c1csc(CN2CCCC(NCc3cnc(-c4cccs4)nc3)C2)c1. The summed E-state index contributed by atoms with van der Waals surface area (Å²) in [6, 6.07) is 9.00. The molecular weight excluding hydrogens is 348 g/mol. The molecule has 1 atom stereocenters. The molecule has 25 heavy (non-hydrogen) atoms. The first-order valence-corrected chi connectivity index (χ1v) is 10.5. The van der Waals surface area contributed by atoms with Crippen molar-refractivity contribution >= 4 is 22.7 Å². The van der Waals surface area contributed by atoms with Gasteiger partial charge < -0.3 is 5.32 Å². The van der Waals surface area contributed by atoms with E-state index < -0.39 is 0 Å². The molecule has 1 saturated heterocycles. The largest absolute Gasteiger partial charge is 0.309 e. The van der Waals surface area contributed by atoms with E-state index in [0.717, 1.165) is 35.9 Å². The van der Waals surface area contributed by atoms with Gasteiger partial charge in [0, 0.05) is 48.5 Å². The predicted octanol–water partition coefficient (Wildman–Crippen LogP) is 4.02. The standard InChI is InChI=1S/C19H22N4S2/c1-4-16(13-23(7-1)14-17-5-2-8-24-17)20-10-15-11-21-19(22-12-15)18-6-3-9-25-18/h2-3,5-6,8-9,11-12,16,20H,1,4,7,10,13-14H2. The summed E-state index contributed by atoms with van der Waals surface area (Å²) in [5, 5.41) is 7.90. The Morgan fingerprint density at radius 1 is 1.12 bits per heavy atom. The Labute approximate surface area is 156 Å². The van der Waals surface area contributed by atoms with Gasteiger partial charge in [-0.1, -0.05) is 12.1 Å². The summed E-state index contributed by atoms with van der Waals surface area (Å²) in [7, 11) is 0. The van der Waals surface area contributed by atoms with E-state index in [9.17, 15) is 0 Å². The third kappa shape index (κ3) is 4.52. The van der Waals surface area contributed by atoms with Crippen LogP contribution in [0.3, 0.4) is 0 Å². The fraction of sp³-hybridized carbons (Fsp3) is 0.368. The quantitative estimate of drug-likeness (QED) is 0.711. The molecule has 0 radical (unpaired) electrons. The van der Waals surface area contributed by atoms with Crippen molar-refractivity contribution in [3.8, 4) is 10.7 Å². The molecule has 0 amide bonds. The van der Waals surface area contributed by atoms with Gasteiger partial charge in [-0.25, -0.2) is 9.97 Å². The maximum atomic E-state index is 4.50. The maximum Gasteiger partial charge on any atom is 0.169 e. The third-order valence-corrected chi connectivity index (χ3v) is 6.23. The average molecular weight is 371 g/mol. The molecule has 3 aromatic rings. The summed E-state index contributed by atoms with van der Waals surface area (Å²) in [5.74, 6) is 0.818. The highest BCUT2D eigenvalue weighted by Gasteiger charge is 2.19. The summed E-state index contributed by atoms with van der Waals surface area (Å²) in [5.41, 5.74) is 1.15. The van der Waals surface area contributed by atoms with Crippen LogP contribution in [0.15, 0.2) is 47.4 Å². The zero-order valence-electron chi connectivity index (χ0n) is 14.1. The highest BCUT2D eigenvalue weighted by molar-refractivity contribution is 7.13. The van der Waals surface area contributed by atoms with Crippen molar-refractivity contribution in [2.24, 2.45) is 0 Å². The minimum Gasteiger partial charge on any atom is -0.309 e. The zero-order chi connectivity index (χ0) is 16.9. The highest BCUT2D eigenvalue weighted by Crippen LogP contribution is 2.20. The second-order valence-corrected chi connectivity index (χ2v) is 8.41. The third-order valence-electron chi connectivity index (χ3n) is 4.51. The number of thiophene rings is 2. The van der Waals surface area contributed by atoms with Crippen LogP contribution in [-0.4, -0.2) is 34.0 Å². The van der Waals surface area contributed by atoms with Gasteiger partial charge in [-0.05, 0) is 42.3 Å². The van der Waals surface area contributed by atoms with Crippen LogP contribution in [0, 0.1) is 0 Å². The van der Waals surface area contributed by atoms with Crippen LogP contribution in [0.1, 0.15) is 23.3 Å². The minimum absolute atomic E-state index is 0.547. The molecule has 6 heteroatoms. The molecular formula is C19H22N4S2. The minimum atomic E-state index is 0.547. The molecule has 3 aromatic heterocycles. The van der Waals surface area contributed by atoms with Crippen molar-refractivity contribution in [3.63, 3.8) is 0 Å². The summed E-state index contributed by atoms with van der Waals surface area (Å²) in [6.07, 6.45) is 6.40. The van der Waals surface area contributed by atoms with Crippen molar-refractivity contribution in [2.45, 2.75) is 32.0 Å². The van der Waals surface area contributed by atoms with Gasteiger partial charge in [0.2, 0.25) is 0 Å². The fourth-order valence-electron chi connectivity index (χ4n) is 3.23. The molecule has 0 spiro atoms. The number of hydrogen-bond donors (Lipinski definition) is 1. The van der Waals surface area contributed by atoms with Crippen molar-refractivity contribution in [2.75, 3.05) is 13.1 Å². The Kier molecular flexibility index (Phi) is 5.52. The molecule has 1 N–H and O–H groups in total. The van der Waals surface area contributed by atoms with E-state index in [0.29, 0.717) is 6.04 Å². The van der Waals surface area contributed by atoms with Crippen LogP contribution in [-0.2, 0) is 13.1 Å². The van der Waals surface area contributed by atoms with Crippen molar-refractivity contribution in [3.05, 3.63) is 57.9 Å². The van der Waals surface area contributed by atoms with Crippen molar-refractivity contribution < 1.29 is 0 Å². The number of rotatable bonds is 6.